The van der Waals surface area contributed by atoms with Gasteiger partial charge in [-0.05, 0) is 48.7 Å². The Hall–Kier alpha value is -1.08. The molecule has 0 radical (unpaired) electrons. The van der Waals surface area contributed by atoms with Gasteiger partial charge in [0.2, 0.25) is 0 Å². The molecule has 0 saturated carbocycles. The zero-order valence-electron chi connectivity index (χ0n) is 11.0. The van der Waals surface area contributed by atoms with Crippen LogP contribution in [0.25, 0.3) is 11.5 Å². The lowest BCUT2D eigenvalue weighted by molar-refractivity contribution is 0.308. The van der Waals surface area contributed by atoms with Crippen LogP contribution >= 0.6 is 22.6 Å². The molecule has 0 aromatic carbocycles. The number of nitrogens with zero attached hydrogens (tertiary/aromatic N) is 4. The summed E-state index contributed by atoms with van der Waals surface area (Å²) in [5.74, 6) is 0.747. The van der Waals surface area contributed by atoms with Gasteiger partial charge in [0.25, 0.3) is 0 Å². The van der Waals surface area contributed by atoms with E-state index in [1.54, 1.807) is 0 Å². The normalized spacial score (nSPS) is 15.3. The first-order valence-electron chi connectivity index (χ1n) is 6.31. The number of hydrogen-bond donors (Lipinski definition) is 0. The van der Waals surface area contributed by atoms with Crippen LogP contribution in [0.3, 0.4) is 0 Å². The number of aryl methyl sites for hydroxylation is 1. The number of hydrogen-bond acceptors (Lipinski definition) is 4. The van der Waals surface area contributed by atoms with E-state index in [1.807, 2.05) is 25.1 Å². The van der Waals surface area contributed by atoms with Gasteiger partial charge in [-0.3, -0.25) is 0 Å². The van der Waals surface area contributed by atoms with Crippen molar-refractivity contribution in [2.24, 2.45) is 0 Å². The molecule has 4 nitrogen and oxygen atoms in total. The fourth-order valence-corrected chi connectivity index (χ4v) is 3.00. The minimum atomic E-state index is 0.747. The van der Waals surface area contributed by atoms with Crippen molar-refractivity contribution in [1.82, 2.24) is 19.9 Å². The van der Waals surface area contributed by atoms with Gasteiger partial charge in [-0.25, -0.2) is 15.0 Å². The Morgan fingerprint density at radius 2 is 2.05 bits per heavy atom. The van der Waals surface area contributed by atoms with Gasteiger partial charge in [0.15, 0.2) is 5.82 Å². The molecule has 0 saturated heterocycles. The van der Waals surface area contributed by atoms with Crippen LogP contribution in [0.2, 0.25) is 0 Å². The second-order valence-electron chi connectivity index (χ2n) is 4.92. The van der Waals surface area contributed by atoms with Gasteiger partial charge >= 0.3 is 0 Å². The maximum Gasteiger partial charge on any atom is 0.179 e. The minimum Gasteiger partial charge on any atom is -0.302 e. The average molecular weight is 366 g/mol. The third-order valence-electron chi connectivity index (χ3n) is 3.32. The second kappa shape index (κ2) is 5.13. The second-order valence-corrected chi connectivity index (χ2v) is 5.94. The molecular formula is C14H15IN4. The number of pyridine rings is 1. The molecule has 98 valence electrons. The molecule has 5 heteroatoms. The predicted octanol–water partition coefficient (Wildman–Crippen LogP) is 2.44. The highest BCUT2D eigenvalue weighted by Crippen LogP contribution is 2.23. The summed E-state index contributed by atoms with van der Waals surface area (Å²) in [5.41, 5.74) is 4.30. The monoisotopic (exact) mass is 366 g/mol. The Morgan fingerprint density at radius 3 is 2.84 bits per heavy atom. The topological polar surface area (TPSA) is 41.9 Å². The smallest absolute Gasteiger partial charge is 0.179 e. The number of rotatable bonds is 1. The summed E-state index contributed by atoms with van der Waals surface area (Å²) in [5, 5.41) is 0. The SMILES string of the molecule is Cc1cccc(-c2nc(I)c3c(n2)CCN(C)C3)n1. The first-order valence-corrected chi connectivity index (χ1v) is 7.39. The number of fused-ring (bicyclic) bond motifs is 1. The fourth-order valence-electron chi connectivity index (χ4n) is 2.29. The van der Waals surface area contributed by atoms with E-state index in [9.17, 15) is 0 Å². The summed E-state index contributed by atoms with van der Waals surface area (Å²) >= 11 is 2.31. The molecule has 0 amide bonds. The third kappa shape index (κ3) is 2.62. The summed E-state index contributed by atoms with van der Waals surface area (Å²) in [6.07, 6.45) is 0.989. The number of aromatic nitrogens is 3. The first-order chi connectivity index (χ1) is 9.13. The van der Waals surface area contributed by atoms with Crippen LogP contribution < -0.4 is 0 Å². The molecule has 0 fully saturated rings. The highest BCUT2D eigenvalue weighted by Gasteiger charge is 2.20. The fraction of sp³-hybridized carbons (Fsp3) is 0.357. The van der Waals surface area contributed by atoms with Gasteiger partial charge in [-0.1, -0.05) is 6.07 Å². The lowest BCUT2D eigenvalue weighted by Crippen LogP contribution is -2.28. The van der Waals surface area contributed by atoms with E-state index in [0.717, 1.165) is 40.4 Å². The van der Waals surface area contributed by atoms with Crippen LogP contribution in [0.15, 0.2) is 18.2 Å². The van der Waals surface area contributed by atoms with Crippen molar-refractivity contribution in [2.45, 2.75) is 19.9 Å². The third-order valence-corrected chi connectivity index (χ3v) is 4.21. The van der Waals surface area contributed by atoms with Crippen molar-refractivity contribution in [3.63, 3.8) is 0 Å². The van der Waals surface area contributed by atoms with Crippen LogP contribution in [0.1, 0.15) is 17.0 Å². The van der Waals surface area contributed by atoms with E-state index in [2.05, 4.69) is 44.5 Å². The lowest BCUT2D eigenvalue weighted by atomic mass is 10.1. The Labute approximate surface area is 126 Å². The van der Waals surface area contributed by atoms with Crippen molar-refractivity contribution < 1.29 is 0 Å². The molecule has 0 bridgehead atoms. The minimum absolute atomic E-state index is 0.747. The van der Waals surface area contributed by atoms with E-state index < -0.39 is 0 Å². The largest absolute Gasteiger partial charge is 0.302 e. The Bertz CT molecular complexity index is 627. The molecule has 2 aromatic rings. The molecule has 19 heavy (non-hydrogen) atoms. The van der Waals surface area contributed by atoms with Gasteiger partial charge in [0.05, 0.1) is 5.69 Å². The van der Waals surface area contributed by atoms with Crippen molar-refractivity contribution in [2.75, 3.05) is 13.6 Å². The standard InChI is InChI=1S/C14H15IN4/c1-9-4-3-5-12(16-9)14-17-11-6-7-19(2)8-10(11)13(15)18-14/h3-5H,6-8H2,1-2H3. The molecule has 0 aliphatic carbocycles. The summed E-state index contributed by atoms with van der Waals surface area (Å²) in [4.78, 5) is 16.1. The average Bonchev–Trinajstić information content (AvgIpc) is 2.39. The highest BCUT2D eigenvalue weighted by molar-refractivity contribution is 14.1. The van der Waals surface area contributed by atoms with Crippen molar-refractivity contribution in [3.05, 3.63) is 38.9 Å². The lowest BCUT2D eigenvalue weighted by Gasteiger charge is -2.25. The van der Waals surface area contributed by atoms with Crippen molar-refractivity contribution in [3.8, 4) is 11.5 Å². The molecule has 3 rings (SSSR count). The Morgan fingerprint density at radius 1 is 1.21 bits per heavy atom. The summed E-state index contributed by atoms with van der Waals surface area (Å²) in [6, 6.07) is 5.96. The van der Waals surface area contributed by atoms with Gasteiger partial charge in [0.1, 0.15) is 9.39 Å². The molecule has 2 aromatic heterocycles. The van der Waals surface area contributed by atoms with Gasteiger partial charge in [-0.2, -0.15) is 0 Å². The van der Waals surface area contributed by atoms with Gasteiger partial charge < -0.3 is 4.90 Å². The van der Waals surface area contributed by atoms with Crippen LogP contribution in [0.5, 0.6) is 0 Å². The molecular weight excluding hydrogens is 351 g/mol. The summed E-state index contributed by atoms with van der Waals surface area (Å²) in [6.45, 7) is 3.98. The van der Waals surface area contributed by atoms with Gasteiger partial charge in [0, 0.05) is 30.8 Å². The first kappa shape index (κ1) is 12.9. The Kier molecular flexibility index (Phi) is 3.49. The van der Waals surface area contributed by atoms with E-state index in [1.165, 1.54) is 11.3 Å². The number of likely N-dealkylation sites (N-methyl/N-ethyl adjacent to an activating group) is 1. The highest BCUT2D eigenvalue weighted by atomic mass is 127. The van der Waals surface area contributed by atoms with Crippen molar-refractivity contribution >= 4 is 22.6 Å². The van der Waals surface area contributed by atoms with Gasteiger partial charge in [-0.15, -0.1) is 0 Å². The van der Waals surface area contributed by atoms with E-state index in [4.69, 9.17) is 4.98 Å². The molecule has 0 N–H and O–H groups in total. The maximum atomic E-state index is 4.71. The summed E-state index contributed by atoms with van der Waals surface area (Å²) in [7, 11) is 2.13. The molecule has 1 aliphatic heterocycles. The molecule has 0 unspecified atom stereocenters. The molecule has 3 heterocycles. The van der Waals surface area contributed by atoms with Crippen molar-refractivity contribution in [1.29, 1.82) is 0 Å². The molecule has 0 spiro atoms. The van der Waals surface area contributed by atoms with Crippen LogP contribution in [-0.2, 0) is 13.0 Å². The van der Waals surface area contributed by atoms with E-state index >= 15 is 0 Å². The van der Waals surface area contributed by atoms with Crippen LogP contribution in [0.4, 0.5) is 0 Å². The van der Waals surface area contributed by atoms with E-state index in [-0.39, 0.29) is 0 Å². The van der Waals surface area contributed by atoms with E-state index in [0.29, 0.717) is 0 Å². The zero-order chi connectivity index (χ0) is 13.4. The quantitative estimate of drug-likeness (QED) is 0.574. The van der Waals surface area contributed by atoms with Crippen LogP contribution in [0, 0.1) is 10.6 Å². The maximum absolute atomic E-state index is 4.71. The predicted molar refractivity (Wildman–Crippen MR) is 82.8 cm³/mol. The van der Waals surface area contributed by atoms with Crippen LogP contribution in [-0.4, -0.2) is 33.4 Å². The number of halogens is 1. The zero-order valence-corrected chi connectivity index (χ0v) is 13.2. The molecule has 0 atom stereocenters. The summed E-state index contributed by atoms with van der Waals surface area (Å²) < 4.78 is 1.05. The Balaban J connectivity index is 2.07. The molecule has 1 aliphatic rings.